The Morgan fingerprint density at radius 1 is 1.21 bits per heavy atom. The number of carbonyl (C=O) groups is 1. The molecule has 0 bridgehead atoms. The molecule has 5 nitrogen and oxygen atoms in total. The van der Waals surface area contributed by atoms with Crippen molar-refractivity contribution < 1.29 is 13.2 Å². The van der Waals surface area contributed by atoms with Crippen LogP contribution >= 0.6 is 0 Å². The molecule has 0 saturated carbocycles. The van der Waals surface area contributed by atoms with Crippen molar-refractivity contribution in [1.82, 2.24) is 9.62 Å². The van der Waals surface area contributed by atoms with Gasteiger partial charge in [0.1, 0.15) is 0 Å². The first-order valence-corrected chi connectivity index (χ1v) is 8.39. The molecule has 1 fully saturated rings. The minimum absolute atomic E-state index is 0.0450. The normalized spacial score (nSPS) is 18.9. The van der Waals surface area contributed by atoms with Crippen LogP contribution in [0.3, 0.4) is 0 Å². The second-order valence-corrected chi connectivity index (χ2v) is 8.80. The minimum Gasteiger partial charge on any atom is -0.342 e. The van der Waals surface area contributed by atoms with E-state index < -0.39 is 15.3 Å². The van der Waals surface area contributed by atoms with Gasteiger partial charge in [-0.2, -0.15) is 0 Å². The van der Waals surface area contributed by atoms with Gasteiger partial charge in [0.05, 0.1) is 5.25 Å². The highest BCUT2D eigenvalue weighted by Crippen LogP contribution is 2.21. The molecule has 0 aromatic carbocycles. The van der Waals surface area contributed by atoms with Crippen LogP contribution in [0.15, 0.2) is 0 Å². The predicted octanol–water partition coefficient (Wildman–Crippen LogP) is 1.35. The van der Waals surface area contributed by atoms with Gasteiger partial charge in [0, 0.05) is 24.5 Å². The maximum Gasteiger partial charge on any atom is 0.227 e. The summed E-state index contributed by atoms with van der Waals surface area (Å²) in [6, 6.07) is -0.0450. The average molecular weight is 290 g/mol. The highest BCUT2D eigenvalue weighted by molar-refractivity contribution is 7.90. The summed E-state index contributed by atoms with van der Waals surface area (Å²) in [5, 5.41) is -0.415. The third-order valence-corrected chi connectivity index (χ3v) is 5.28. The second-order valence-electron chi connectivity index (χ2n) is 6.53. The van der Waals surface area contributed by atoms with Gasteiger partial charge in [-0.1, -0.05) is 20.8 Å². The fourth-order valence-electron chi connectivity index (χ4n) is 2.04. The Balaban J connectivity index is 2.53. The van der Waals surface area contributed by atoms with Gasteiger partial charge in [-0.3, -0.25) is 4.79 Å². The molecule has 0 aromatic heterocycles. The fourth-order valence-corrected chi connectivity index (χ4v) is 3.02. The van der Waals surface area contributed by atoms with Gasteiger partial charge < -0.3 is 4.90 Å². The molecule has 6 heteroatoms. The number of rotatable bonds is 3. The van der Waals surface area contributed by atoms with Crippen LogP contribution in [0.2, 0.25) is 0 Å². The fraction of sp³-hybridized carbons (Fsp3) is 0.923. The van der Waals surface area contributed by atoms with E-state index in [2.05, 4.69) is 4.72 Å². The lowest BCUT2D eigenvalue weighted by Gasteiger charge is -2.36. The van der Waals surface area contributed by atoms with Crippen LogP contribution < -0.4 is 4.72 Å². The molecule has 1 N–H and O–H groups in total. The molecular formula is C13H26N2O3S. The number of hydrogen-bond acceptors (Lipinski definition) is 3. The molecule has 112 valence electrons. The number of amides is 1. The third kappa shape index (κ3) is 4.45. The lowest BCUT2D eigenvalue weighted by atomic mass is 9.93. The quantitative estimate of drug-likeness (QED) is 0.853. The molecule has 1 aliphatic heterocycles. The molecule has 0 unspecified atom stereocenters. The number of nitrogens with one attached hydrogen (secondary N) is 1. The van der Waals surface area contributed by atoms with Gasteiger partial charge in [0.2, 0.25) is 15.9 Å². The first kappa shape index (κ1) is 16.4. The van der Waals surface area contributed by atoms with Crippen molar-refractivity contribution in [2.75, 3.05) is 13.1 Å². The van der Waals surface area contributed by atoms with Crippen LogP contribution in [0.25, 0.3) is 0 Å². The van der Waals surface area contributed by atoms with Gasteiger partial charge in [0.25, 0.3) is 0 Å². The molecule has 0 atom stereocenters. The van der Waals surface area contributed by atoms with Crippen LogP contribution in [-0.2, 0) is 14.8 Å². The van der Waals surface area contributed by atoms with Crippen LogP contribution in [0.5, 0.6) is 0 Å². The zero-order chi connectivity index (χ0) is 14.8. The van der Waals surface area contributed by atoms with Crippen LogP contribution in [0, 0.1) is 5.41 Å². The molecule has 19 heavy (non-hydrogen) atoms. The van der Waals surface area contributed by atoms with E-state index >= 15 is 0 Å². The van der Waals surface area contributed by atoms with E-state index in [0.717, 1.165) is 0 Å². The lowest BCUT2D eigenvalue weighted by molar-refractivity contribution is -0.140. The van der Waals surface area contributed by atoms with E-state index in [1.807, 2.05) is 25.7 Å². The van der Waals surface area contributed by atoms with Crippen molar-refractivity contribution >= 4 is 15.9 Å². The summed E-state index contributed by atoms with van der Waals surface area (Å²) in [6.07, 6.45) is 1.38. The molecule has 1 heterocycles. The minimum atomic E-state index is -3.22. The van der Waals surface area contributed by atoms with E-state index in [-0.39, 0.29) is 17.4 Å². The SMILES string of the molecule is CC(C)S(=O)(=O)NC1CCN(C(=O)C(C)(C)C)CC1. The molecule has 0 aliphatic carbocycles. The predicted molar refractivity (Wildman–Crippen MR) is 76.2 cm³/mol. The summed E-state index contributed by atoms with van der Waals surface area (Å²) in [5.41, 5.74) is -0.371. The van der Waals surface area contributed by atoms with E-state index in [4.69, 9.17) is 0 Å². The molecule has 0 spiro atoms. The van der Waals surface area contributed by atoms with Crippen LogP contribution in [0.4, 0.5) is 0 Å². The average Bonchev–Trinajstić information content (AvgIpc) is 2.27. The smallest absolute Gasteiger partial charge is 0.227 e. The van der Waals surface area contributed by atoms with Crippen molar-refractivity contribution in [2.24, 2.45) is 5.41 Å². The first-order chi connectivity index (χ1) is 8.54. The molecule has 1 aliphatic rings. The number of piperidine rings is 1. The molecular weight excluding hydrogens is 264 g/mol. The van der Waals surface area contributed by atoms with Crippen molar-refractivity contribution in [3.05, 3.63) is 0 Å². The number of hydrogen-bond donors (Lipinski definition) is 1. The van der Waals surface area contributed by atoms with Crippen molar-refractivity contribution in [3.8, 4) is 0 Å². The summed E-state index contributed by atoms with van der Waals surface area (Å²) in [7, 11) is -3.22. The van der Waals surface area contributed by atoms with Crippen LogP contribution in [0.1, 0.15) is 47.5 Å². The standard InChI is InChI=1S/C13H26N2O3S/c1-10(2)19(17,18)14-11-6-8-15(9-7-11)12(16)13(3,4)5/h10-11,14H,6-9H2,1-5H3. The number of carbonyl (C=O) groups excluding carboxylic acids is 1. The third-order valence-electron chi connectivity index (χ3n) is 3.38. The molecule has 1 rings (SSSR count). The van der Waals surface area contributed by atoms with Gasteiger partial charge in [0.15, 0.2) is 0 Å². The van der Waals surface area contributed by atoms with E-state index in [1.54, 1.807) is 13.8 Å². The molecule has 0 radical (unpaired) electrons. The Labute approximate surface area is 116 Å². The Kier molecular flexibility index (Phi) is 5.01. The van der Waals surface area contributed by atoms with Crippen molar-refractivity contribution in [2.45, 2.75) is 58.8 Å². The Hall–Kier alpha value is -0.620. The Bertz CT molecular complexity index is 416. The van der Waals surface area contributed by atoms with Crippen LogP contribution in [-0.4, -0.2) is 43.6 Å². The molecule has 0 aromatic rings. The number of likely N-dealkylation sites (tertiary alicyclic amines) is 1. The van der Waals surface area contributed by atoms with Crippen molar-refractivity contribution in [1.29, 1.82) is 0 Å². The van der Waals surface area contributed by atoms with Gasteiger partial charge in [-0.05, 0) is 26.7 Å². The van der Waals surface area contributed by atoms with Crippen molar-refractivity contribution in [3.63, 3.8) is 0 Å². The topological polar surface area (TPSA) is 66.5 Å². The summed E-state index contributed by atoms with van der Waals surface area (Å²) < 4.78 is 26.3. The summed E-state index contributed by atoms with van der Waals surface area (Å²) in [6.45, 7) is 10.3. The first-order valence-electron chi connectivity index (χ1n) is 6.84. The number of sulfonamides is 1. The largest absolute Gasteiger partial charge is 0.342 e. The number of nitrogens with zero attached hydrogens (tertiary/aromatic N) is 1. The van der Waals surface area contributed by atoms with Gasteiger partial charge in [-0.15, -0.1) is 0 Å². The highest BCUT2D eigenvalue weighted by Gasteiger charge is 2.31. The second kappa shape index (κ2) is 5.79. The lowest BCUT2D eigenvalue weighted by Crippen LogP contribution is -2.50. The maximum absolute atomic E-state index is 12.1. The zero-order valence-electron chi connectivity index (χ0n) is 12.6. The molecule has 1 saturated heterocycles. The summed E-state index contributed by atoms with van der Waals surface area (Å²) in [4.78, 5) is 13.9. The monoisotopic (exact) mass is 290 g/mol. The zero-order valence-corrected chi connectivity index (χ0v) is 13.4. The maximum atomic E-state index is 12.1. The van der Waals surface area contributed by atoms with Gasteiger partial charge >= 0.3 is 0 Å². The highest BCUT2D eigenvalue weighted by atomic mass is 32.2. The summed E-state index contributed by atoms with van der Waals surface area (Å²) in [5.74, 6) is 0.137. The summed E-state index contributed by atoms with van der Waals surface area (Å²) >= 11 is 0. The molecule has 1 amide bonds. The van der Waals surface area contributed by atoms with E-state index in [9.17, 15) is 13.2 Å². The Morgan fingerprint density at radius 3 is 2.05 bits per heavy atom. The Morgan fingerprint density at radius 2 is 1.68 bits per heavy atom. The van der Waals surface area contributed by atoms with Gasteiger partial charge in [-0.25, -0.2) is 13.1 Å². The van der Waals surface area contributed by atoms with E-state index in [1.165, 1.54) is 0 Å². The van der Waals surface area contributed by atoms with E-state index in [0.29, 0.717) is 25.9 Å².